The standard InChI is InChI=1S/C21H28N3OP/c1-16-3-5-18(6-4-16)13-20-14-19(7-8-21(20)22)17(2)15-26(25,23-9-10-23)24-11-12-24/h3-8,14,17H,9-13,15,22H2,1-2H3. The second kappa shape index (κ2) is 6.84. The van der Waals surface area contributed by atoms with Gasteiger partial charge in [-0.3, -0.25) is 4.57 Å². The van der Waals surface area contributed by atoms with Gasteiger partial charge in [-0.1, -0.05) is 48.9 Å². The quantitative estimate of drug-likeness (QED) is 0.454. The first-order valence-corrected chi connectivity index (χ1v) is 11.3. The molecule has 26 heavy (non-hydrogen) atoms. The lowest BCUT2D eigenvalue weighted by molar-refractivity contribution is 0.513. The van der Waals surface area contributed by atoms with E-state index in [0.717, 1.165) is 50.0 Å². The fraction of sp³-hybridized carbons (Fsp3) is 0.429. The van der Waals surface area contributed by atoms with Gasteiger partial charge in [-0.25, -0.2) is 9.34 Å². The molecule has 0 aliphatic carbocycles. The molecule has 0 bridgehead atoms. The maximum Gasteiger partial charge on any atom is 0.217 e. The van der Waals surface area contributed by atoms with E-state index in [1.165, 1.54) is 16.7 Å². The summed E-state index contributed by atoms with van der Waals surface area (Å²) in [7, 11) is -2.33. The molecule has 2 saturated heterocycles. The maximum atomic E-state index is 13.4. The molecule has 5 heteroatoms. The van der Waals surface area contributed by atoms with E-state index in [1.807, 2.05) is 6.07 Å². The second-order valence-corrected chi connectivity index (χ2v) is 10.6. The van der Waals surface area contributed by atoms with Gasteiger partial charge in [-0.05, 0) is 42.0 Å². The van der Waals surface area contributed by atoms with Gasteiger partial charge in [0.25, 0.3) is 0 Å². The molecule has 0 saturated carbocycles. The molecule has 0 amide bonds. The third-order valence-electron chi connectivity index (χ3n) is 5.49. The Morgan fingerprint density at radius 3 is 2.23 bits per heavy atom. The highest BCUT2D eigenvalue weighted by Gasteiger charge is 2.47. The molecule has 1 atom stereocenters. The van der Waals surface area contributed by atoms with Crippen LogP contribution in [0.1, 0.15) is 35.1 Å². The number of nitrogens with zero attached hydrogens (tertiary/aromatic N) is 2. The van der Waals surface area contributed by atoms with Crippen molar-refractivity contribution >= 4 is 13.1 Å². The first kappa shape index (κ1) is 17.8. The zero-order chi connectivity index (χ0) is 18.3. The van der Waals surface area contributed by atoms with Crippen LogP contribution in [0.2, 0.25) is 0 Å². The average molecular weight is 369 g/mol. The van der Waals surface area contributed by atoms with Gasteiger partial charge in [0, 0.05) is 38.0 Å². The lowest BCUT2D eigenvalue weighted by Crippen LogP contribution is -2.13. The van der Waals surface area contributed by atoms with Crippen molar-refractivity contribution in [1.29, 1.82) is 0 Å². The molecule has 2 N–H and O–H groups in total. The molecule has 138 valence electrons. The van der Waals surface area contributed by atoms with Crippen LogP contribution in [0, 0.1) is 6.92 Å². The number of aryl methyl sites for hydroxylation is 1. The predicted molar refractivity (Wildman–Crippen MR) is 109 cm³/mol. The average Bonchev–Trinajstić information content (AvgIpc) is 3.50. The summed E-state index contributed by atoms with van der Waals surface area (Å²) in [4.78, 5) is 0. The summed E-state index contributed by atoms with van der Waals surface area (Å²) in [5, 5.41) is 0. The minimum absolute atomic E-state index is 0.263. The Labute approximate surface area is 156 Å². The van der Waals surface area contributed by atoms with Crippen molar-refractivity contribution in [3.63, 3.8) is 0 Å². The Kier molecular flexibility index (Phi) is 4.68. The SMILES string of the molecule is Cc1ccc(Cc2cc(C(C)CP(=O)(N3CC3)N3CC3)ccc2N)cc1. The molecule has 0 aromatic heterocycles. The summed E-state index contributed by atoms with van der Waals surface area (Å²) in [6.45, 7) is 8.25. The van der Waals surface area contributed by atoms with Crippen molar-refractivity contribution in [1.82, 2.24) is 9.34 Å². The summed E-state index contributed by atoms with van der Waals surface area (Å²) >= 11 is 0. The molecule has 2 aromatic rings. The number of nitrogen functional groups attached to an aromatic ring is 1. The Morgan fingerprint density at radius 2 is 1.65 bits per heavy atom. The van der Waals surface area contributed by atoms with Crippen LogP contribution in [0.4, 0.5) is 5.69 Å². The van der Waals surface area contributed by atoms with Gasteiger partial charge < -0.3 is 5.73 Å². The molecule has 4 rings (SSSR count). The van der Waals surface area contributed by atoms with Crippen molar-refractivity contribution in [2.45, 2.75) is 26.2 Å². The molecule has 0 radical (unpaired) electrons. The summed E-state index contributed by atoms with van der Waals surface area (Å²) in [5.41, 5.74) is 12.0. The van der Waals surface area contributed by atoms with E-state index < -0.39 is 7.44 Å². The topological polar surface area (TPSA) is 49.1 Å². The molecule has 1 unspecified atom stereocenters. The molecule has 0 spiro atoms. The van der Waals surface area contributed by atoms with Crippen LogP contribution < -0.4 is 5.73 Å². The third kappa shape index (κ3) is 3.73. The number of benzene rings is 2. The third-order valence-corrected chi connectivity index (χ3v) is 9.09. The van der Waals surface area contributed by atoms with Crippen molar-refractivity contribution in [2.75, 3.05) is 38.1 Å². The Morgan fingerprint density at radius 1 is 1.04 bits per heavy atom. The lowest BCUT2D eigenvalue weighted by Gasteiger charge is -2.24. The van der Waals surface area contributed by atoms with Gasteiger partial charge in [0.05, 0.1) is 0 Å². The summed E-state index contributed by atoms with van der Waals surface area (Å²) in [5.74, 6) is 0.263. The van der Waals surface area contributed by atoms with Crippen molar-refractivity contribution in [2.24, 2.45) is 0 Å². The highest BCUT2D eigenvalue weighted by atomic mass is 31.2. The van der Waals surface area contributed by atoms with Gasteiger partial charge in [0.15, 0.2) is 0 Å². The molecule has 4 nitrogen and oxygen atoms in total. The van der Waals surface area contributed by atoms with Crippen LogP contribution in [0.5, 0.6) is 0 Å². The van der Waals surface area contributed by atoms with Crippen LogP contribution in [-0.2, 0) is 11.0 Å². The largest absolute Gasteiger partial charge is 0.398 e. The summed E-state index contributed by atoms with van der Waals surface area (Å²) in [6.07, 6.45) is 1.57. The highest BCUT2D eigenvalue weighted by Crippen LogP contribution is 2.61. The molecule has 2 heterocycles. The Balaban J connectivity index is 1.53. The van der Waals surface area contributed by atoms with E-state index in [0.29, 0.717) is 0 Å². The van der Waals surface area contributed by atoms with Gasteiger partial charge >= 0.3 is 0 Å². The van der Waals surface area contributed by atoms with E-state index >= 15 is 0 Å². The Hall–Kier alpha value is -1.61. The fourth-order valence-electron chi connectivity index (χ4n) is 3.60. The fourth-order valence-corrected chi connectivity index (χ4v) is 6.77. The predicted octanol–water partition coefficient (Wildman–Crippen LogP) is 4.10. The van der Waals surface area contributed by atoms with Crippen LogP contribution in [0.3, 0.4) is 0 Å². The van der Waals surface area contributed by atoms with Crippen LogP contribution in [-0.4, -0.2) is 41.7 Å². The number of nitrogens with two attached hydrogens (primary N) is 1. The number of rotatable bonds is 7. The van der Waals surface area contributed by atoms with E-state index in [9.17, 15) is 4.57 Å². The number of hydrogen-bond donors (Lipinski definition) is 1. The maximum absolute atomic E-state index is 13.4. The zero-order valence-electron chi connectivity index (χ0n) is 15.7. The molecular weight excluding hydrogens is 341 g/mol. The Bertz CT molecular complexity index is 825. The van der Waals surface area contributed by atoms with Crippen LogP contribution in [0.25, 0.3) is 0 Å². The first-order chi connectivity index (χ1) is 12.5. The van der Waals surface area contributed by atoms with E-state index in [2.05, 4.69) is 59.6 Å². The second-order valence-electron chi connectivity index (χ2n) is 7.78. The molecular formula is C21H28N3OP. The van der Waals surface area contributed by atoms with E-state index in [-0.39, 0.29) is 5.92 Å². The number of anilines is 1. The van der Waals surface area contributed by atoms with Gasteiger partial charge in [0.1, 0.15) is 0 Å². The van der Waals surface area contributed by atoms with Crippen LogP contribution >= 0.6 is 7.44 Å². The minimum atomic E-state index is -2.33. The van der Waals surface area contributed by atoms with E-state index in [1.54, 1.807) is 0 Å². The van der Waals surface area contributed by atoms with Gasteiger partial charge in [-0.2, -0.15) is 0 Å². The van der Waals surface area contributed by atoms with Crippen molar-refractivity contribution < 1.29 is 4.57 Å². The highest BCUT2D eigenvalue weighted by molar-refractivity contribution is 7.59. The van der Waals surface area contributed by atoms with Crippen molar-refractivity contribution in [3.05, 3.63) is 64.7 Å². The monoisotopic (exact) mass is 369 g/mol. The van der Waals surface area contributed by atoms with Crippen molar-refractivity contribution in [3.8, 4) is 0 Å². The molecule has 2 fully saturated rings. The smallest absolute Gasteiger partial charge is 0.217 e. The zero-order valence-corrected chi connectivity index (χ0v) is 16.6. The molecule has 2 aliphatic heterocycles. The summed E-state index contributed by atoms with van der Waals surface area (Å²) in [6, 6.07) is 14.9. The van der Waals surface area contributed by atoms with Gasteiger partial charge in [0.2, 0.25) is 7.44 Å². The minimum Gasteiger partial charge on any atom is -0.398 e. The normalized spacial score (nSPS) is 18.7. The first-order valence-electron chi connectivity index (χ1n) is 9.49. The van der Waals surface area contributed by atoms with Gasteiger partial charge in [-0.15, -0.1) is 0 Å². The van der Waals surface area contributed by atoms with Crippen LogP contribution in [0.15, 0.2) is 42.5 Å². The molecule has 2 aliphatic rings. The lowest BCUT2D eigenvalue weighted by atomic mass is 9.96. The van der Waals surface area contributed by atoms with E-state index in [4.69, 9.17) is 5.73 Å². The molecule has 2 aromatic carbocycles. The number of hydrogen-bond acceptors (Lipinski definition) is 2. The summed E-state index contributed by atoms with van der Waals surface area (Å²) < 4.78 is 17.8.